The number of aryl methyl sites for hydroxylation is 1. The lowest BCUT2D eigenvalue weighted by Gasteiger charge is -2.41. The van der Waals surface area contributed by atoms with E-state index >= 15 is 0 Å². The second kappa shape index (κ2) is 8.77. The van der Waals surface area contributed by atoms with Crippen LogP contribution < -0.4 is 5.32 Å². The van der Waals surface area contributed by atoms with E-state index in [4.69, 9.17) is 4.74 Å². The molecule has 30 heavy (non-hydrogen) atoms. The predicted molar refractivity (Wildman–Crippen MR) is 115 cm³/mol. The fourth-order valence-electron chi connectivity index (χ4n) is 4.04. The number of aromatic nitrogens is 3. The number of hydrogen-bond acceptors (Lipinski definition) is 5. The maximum atomic E-state index is 12.9. The summed E-state index contributed by atoms with van der Waals surface area (Å²) in [6.07, 6.45) is 7.98. The molecule has 1 fully saturated rings. The molecule has 1 saturated heterocycles. The Labute approximate surface area is 176 Å². The van der Waals surface area contributed by atoms with E-state index in [0.717, 1.165) is 35.3 Å². The average molecular weight is 406 g/mol. The number of carbonyl (C=O) groups excluding carboxylic acids is 1. The first-order chi connectivity index (χ1) is 14.6. The molecule has 0 bridgehead atoms. The summed E-state index contributed by atoms with van der Waals surface area (Å²) in [7, 11) is 3.58. The van der Waals surface area contributed by atoms with Crippen molar-refractivity contribution in [3.05, 3.63) is 72.3 Å². The Hall–Kier alpha value is -3.03. The molecule has 3 heterocycles. The SMILES string of the molecule is CNC(=O)C1(Cc2ccc(-c3ccncc3)cc2)CN(Cc2cnn(C)c2)CCO1. The van der Waals surface area contributed by atoms with Gasteiger partial charge >= 0.3 is 0 Å². The van der Waals surface area contributed by atoms with Gasteiger partial charge in [-0.2, -0.15) is 5.10 Å². The minimum atomic E-state index is -0.909. The van der Waals surface area contributed by atoms with Gasteiger partial charge in [0.15, 0.2) is 5.60 Å². The lowest BCUT2D eigenvalue weighted by atomic mass is 9.90. The third-order valence-electron chi connectivity index (χ3n) is 5.53. The largest absolute Gasteiger partial charge is 0.362 e. The van der Waals surface area contributed by atoms with Crippen molar-refractivity contribution >= 4 is 5.91 Å². The molecule has 1 amide bonds. The minimum Gasteiger partial charge on any atom is -0.362 e. The van der Waals surface area contributed by atoms with Crippen molar-refractivity contribution in [1.82, 2.24) is 25.0 Å². The van der Waals surface area contributed by atoms with Crippen molar-refractivity contribution in [2.24, 2.45) is 7.05 Å². The molecule has 0 spiro atoms. The first-order valence-electron chi connectivity index (χ1n) is 10.1. The summed E-state index contributed by atoms with van der Waals surface area (Å²) in [4.78, 5) is 19.2. The van der Waals surface area contributed by atoms with Crippen molar-refractivity contribution in [2.75, 3.05) is 26.7 Å². The van der Waals surface area contributed by atoms with E-state index in [9.17, 15) is 4.79 Å². The Morgan fingerprint density at radius 3 is 2.53 bits per heavy atom. The van der Waals surface area contributed by atoms with Crippen LogP contribution in [0.1, 0.15) is 11.1 Å². The molecule has 1 atom stereocenters. The van der Waals surface area contributed by atoms with Gasteiger partial charge in [0, 0.05) is 64.3 Å². The van der Waals surface area contributed by atoms with Gasteiger partial charge in [-0.1, -0.05) is 24.3 Å². The van der Waals surface area contributed by atoms with Crippen LogP contribution in [0.15, 0.2) is 61.2 Å². The maximum Gasteiger partial charge on any atom is 0.253 e. The number of rotatable bonds is 6. The quantitative estimate of drug-likeness (QED) is 0.680. The molecule has 1 aliphatic rings. The summed E-state index contributed by atoms with van der Waals surface area (Å²) < 4.78 is 7.93. The molecule has 7 heteroatoms. The summed E-state index contributed by atoms with van der Waals surface area (Å²) in [5.74, 6) is -0.0865. The molecule has 1 N–H and O–H groups in total. The first-order valence-corrected chi connectivity index (χ1v) is 10.1. The molecular weight excluding hydrogens is 378 g/mol. The smallest absolute Gasteiger partial charge is 0.253 e. The summed E-state index contributed by atoms with van der Waals surface area (Å²) >= 11 is 0. The fourth-order valence-corrected chi connectivity index (χ4v) is 4.04. The molecule has 0 saturated carbocycles. The zero-order chi connectivity index (χ0) is 21.0. The summed E-state index contributed by atoms with van der Waals surface area (Å²) in [5, 5.41) is 7.05. The van der Waals surface area contributed by atoms with Crippen LogP contribution in [0.4, 0.5) is 0 Å². The highest BCUT2D eigenvalue weighted by Gasteiger charge is 2.43. The van der Waals surface area contributed by atoms with Gasteiger partial charge < -0.3 is 10.1 Å². The van der Waals surface area contributed by atoms with Crippen LogP contribution in [0.3, 0.4) is 0 Å². The predicted octanol–water partition coefficient (Wildman–Crippen LogP) is 2.04. The van der Waals surface area contributed by atoms with Gasteiger partial charge in [0.25, 0.3) is 5.91 Å². The molecule has 2 aromatic heterocycles. The monoisotopic (exact) mass is 405 g/mol. The van der Waals surface area contributed by atoms with Crippen LogP contribution >= 0.6 is 0 Å². The van der Waals surface area contributed by atoms with Gasteiger partial charge in [0.05, 0.1) is 12.8 Å². The maximum absolute atomic E-state index is 12.9. The zero-order valence-electron chi connectivity index (χ0n) is 17.4. The Kier molecular flexibility index (Phi) is 5.92. The van der Waals surface area contributed by atoms with Crippen molar-refractivity contribution in [1.29, 1.82) is 0 Å². The third kappa shape index (κ3) is 4.42. The Balaban J connectivity index is 1.52. The minimum absolute atomic E-state index is 0.0865. The van der Waals surface area contributed by atoms with Crippen LogP contribution in [0, 0.1) is 0 Å². The van der Waals surface area contributed by atoms with Crippen LogP contribution in [-0.2, 0) is 29.5 Å². The Morgan fingerprint density at radius 1 is 1.13 bits per heavy atom. The molecule has 1 unspecified atom stereocenters. The Bertz CT molecular complexity index is 986. The number of morpholine rings is 1. The topological polar surface area (TPSA) is 72.3 Å². The second-order valence-corrected chi connectivity index (χ2v) is 7.76. The van der Waals surface area contributed by atoms with Gasteiger partial charge in [-0.25, -0.2) is 0 Å². The van der Waals surface area contributed by atoms with Crippen molar-refractivity contribution in [2.45, 2.75) is 18.6 Å². The molecule has 4 rings (SSSR count). The number of likely N-dealkylation sites (N-methyl/N-ethyl adjacent to an activating group) is 1. The summed E-state index contributed by atoms with van der Waals surface area (Å²) in [5.41, 5.74) is 3.53. The normalized spacial score (nSPS) is 19.5. The van der Waals surface area contributed by atoms with Gasteiger partial charge in [-0.3, -0.25) is 19.4 Å². The zero-order valence-corrected chi connectivity index (χ0v) is 17.4. The van der Waals surface area contributed by atoms with E-state index in [2.05, 4.69) is 44.6 Å². The van der Waals surface area contributed by atoms with Gasteiger partial charge in [-0.05, 0) is 28.8 Å². The third-order valence-corrected chi connectivity index (χ3v) is 5.53. The highest BCUT2D eigenvalue weighted by molar-refractivity contribution is 5.86. The number of benzene rings is 1. The number of hydrogen-bond donors (Lipinski definition) is 1. The molecule has 7 nitrogen and oxygen atoms in total. The number of pyridine rings is 1. The van der Waals surface area contributed by atoms with E-state index in [-0.39, 0.29) is 5.91 Å². The van der Waals surface area contributed by atoms with Gasteiger partial charge in [-0.15, -0.1) is 0 Å². The molecule has 156 valence electrons. The molecule has 1 aliphatic heterocycles. The van der Waals surface area contributed by atoms with Crippen LogP contribution in [0.5, 0.6) is 0 Å². The lowest BCUT2D eigenvalue weighted by molar-refractivity contribution is -0.160. The standard InChI is InChI=1S/C23H27N5O2/c1-24-22(29)23(17-28(11-12-30-23)16-19-14-26-27(2)15-19)13-18-3-5-20(6-4-18)21-7-9-25-10-8-21/h3-10,14-15H,11-13,16-17H2,1-2H3,(H,24,29). The Morgan fingerprint density at radius 2 is 1.87 bits per heavy atom. The average Bonchev–Trinajstić information content (AvgIpc) is 3.19. The van der Waals surface area contributed by atoms with Gasteiger partial charge in [0.1, 0.15) is 0 Å². The second-order valence-electron chi connectivity index (χ2n) is 7.76. The van der Waals surface area contributed by atoms with Crippen LogP contribution in [-0.4, -0.2) is 57.9 Å². The number of nitrogens with one attached hydrogen (secondary N) is 1. The van der Waals surface area contributed by atoms with E-state index in [1.165, 1.54) is 0 Å². The summed E-state index contributed by atoms with van der Waals surface area (Å²) in [6, 6.07) is 12.3. The molecule has 0 radical (unpaired) electrons. The van der Waals surface area contributed by atoms with E-state index in [1.54, 1.807) is 24.1 Å². The van der Waals surface area contributed by atoms with Crippen LogP contribution in [0.25, 0.3) is 11.1 Å². The lowest BCUT2D eigenvalue weighted by Crippen LogP contribution is -2.60. The van der Waals surface area contributed by atoms with E-state index in [1.807, 2.05) is 31.6 Å². The van der Waals surface area contributed by atoms with E-state index < -0.39 is 5.60 Å². The molecule has 3 aromatic rings. The molecule has 0 aliphatic carbocycles. The van der Waals surface area contributed by atoms with Crippen LogP contribution in [0.2, 0.25) is 0 Å². The fraction of sp³-hybridized carbons (Fsp3) is 0.348. The van der Waals surface area contributed by atoms with Crippen molar-refractivity contribution < 1.29 is 9.53 Å². The highest BCUT2D eigenvalue weighted by Crippen LogP contribution is 2.26. The molecular formula is C23H27N5O2. The van der Waals surface area contributed by atoms with E-state index in [0.29, 0.717) is 19.6 Å². The first kappa shape index (κ1) is 20.3. The molecule has 1 aromatic carbocycles. The highest BCUT2D eigenvalue weighted by atomic mass is 16.5. The van der Waals surface area contributed by atoms with Crippen molar-refractivity contribution in [3.8, 4) is 11.1 Å². The number of amides is 1. The number of carbonyl (C=O) groups is 1. The summed E-state index contributed by atoms with van der Waals surface area (Å²) in [6.45, 7) is 2.59. The number of nitrogens with zero attached hydrogens (tertiary/aromatic N) is 4. The van der Waals surface area contributed by atoms with Gasteiger partial charge in [0.2, 0.25) is 0 Å². The number of ether oxygens (including phenoxy) is 1. The van der Waals surface area contributed by atoms with Crippen molar-refractivity contribution in [3.63, 3.8) is 0 Å².